The molecule has 5 heteroatoms. The van der Waals surface area contributed by atoms with Crippen molar-refractivity contribution in [3.63, 3.8) is 0 Å². The Bertz CT molecular complexity index is 318. The Balaban J connectivity index is 0. The molecule has 0 bridgehead atoms. The van der Waals surface area contributed by atoms with Gasteiger partial charge in [0.15, 0.2) is 0 Å². The minimum Gasteiger partial charge on any atom is -0.374 e. The molecule has 0 radical (unpaired) electrons. The second-order valence-electron chi connectivity index (χ2n) is 8.80. The van der Waals surface area contributed by atoms with E-state index in [-0.39, 0.29) is 0 Å². The summed E-state index contributed by atoms with van der Waals surface area (Å²) in [5.41, 5.74) is 0. The average Bonchev–Trinajstić information content (AvgIpc) is 2.78. The SMILES string of the molecule is CCCCCC(F)CC[Si](OCC)(OCC)OCC.CCCCCCCCCCCCC. The van der Waals surface area contributed by atoms with E-state index in [1.54, 1.807) is 0 Å². The molecule has 0 saturated carbocycles. The molecule has 0 fully saturated rings. The number of rotatable bonds is 23. The molecule has 0 amide bonds. The van der Waals surface area contributed by atoms with Gasteiger partial charge < -0.3 is 13.3 Å². The quantitative estimate of drug-likeness (QED) is 0.108. The lowest BCUT2D eigenvalue weighted by Crippen LogP contribution is -2.46. The normalized spacial score (nSPS) is 12.5. The van der Waals surface area contributed by atoms with Gasteiger partial charge in [0.1, 0.15) is 6.17 Å². The van der Waals surface area contributed by atoms with Gasteiger partial charge in [0.2, 0.25) is 0 Å². The Morgan fingerprint density at radius 2 is 0.844 bits per heavy atom. The Kier molecular flexibility index (Phi) is 29.1. The van der Waals surface area contributed by atoms with Crippen LogP contribution in [0.3, 0.4) is 0 Å². The molecule has 1 atom stereocenters. The topological polar surface area (TPSA) is 27.7 Å². The minimum absolute atomic E-state index is 0.482. The lowest BCUT2D eigenvalue weighted by atomic mass is 10.1. The largest absolute Gasteiger partial charge is 0.501 e. The van der Waals surface area contributed by atoms with E-state index in [1.165, 1.54) is 70.6 Å². The summed E-state index contributed by atoms with van der Waals surface area (Å²) >= 11 is 0. The van der Waals surface area contributed by atoms with Crippen LogP contribution in [0.15, 0.2) is 0 Å². The summed E-state index contributed by atoms with van der Waals surface area (Å²) in [6, 6.07) is 0.579. The summed E-state index contributed by atoms with van der Waals surface area (Å²) in [7, 11) is -2.65. The highest BCUT2D eigenvalue weighted by atomic mass is 28.4. The molecule has 32 heavy (non-hydrogen) atoms. The molecule has 0 heterocycles. The molecule has 0 saturated heterocycles. The molecule has 0 aromatic carbocycles. The second-order valence-corrected chi connectivity index (χ2v) is 11.5. The van der Waals surface area contributed by atoms with Crippen LogP contribution in [0.1, 0.15) is 144 Å². The van der Waals surface area contributed by atoms with E-state index in [1.807, 2.05) is 20.8 Å². The maximum atomic E-state index is 13.8. The summed E-state index contributed by atoms with van der Waals surface area (Å²) in [6.45, 7) is 14.1. The first kappa shape index (κ1) is 34.2. The molecule has 0 spiro atoms. The van der Waals surface area contributed by atoms with Gasteiger partial charge in [-0.25, -0.2) is 4.39 Å². The van der Waals surface area contributed by atoms with E-state index in [9.17, 15) is 4.39 Å². The van der Waals surface area contributed by atoms with Crippen molar-refractivity contribution in [1.29, 1.82) is 0 Å². The summed E-state index contributed by atoms with van der Waals surface area (Å²) in [4.78, 5) is 0. The van der Waals surface area contributed by atoms with Crippen LogP contribution in [0.25, 0.3) is 0 Å². The maximum Gasteiger partial charge on any atom is 0.501 e. The Hall–Kier alpha value is 0.0269. The molecule has 0 aliphatic carbocycles. The summed E-state index contributed by atoms with van der Waals surface area (Å²) in [5, 5.41) is 0. The Morgan fingerprint density at radius 1 is 0.500 bits per heavy atom. The van der Waals surface area contributed by atoms with Crippen molar-refractivity contribution in [2.45, 2.75) is 156 Å². The van der Waals surface area contributed by atoms with Crippen molar-refractivity contribution in [3.8, 4) is 0 Å². The number of hydrogen-bond donors (Lipinski definition) is 0. The fourth-order valence-electron chi connectivity index (χ4n) is 3.83. The molecule has 0 rings (SSSR count). The van der Waals surface area contributed by atoms with Crippen LogP contribution in [0.4, 0.5) is 4.39 Å². The highest BCUT2D eigenvalue weighted by Crippen LogP contribution is 2.22. The van der Waals surface area contributed by atoms with E-state index in [4.69, 9.17) is 13.3 Å². The number of hydrogen-bond acceptors (Lipinski definition) is 3. The van der Waals surface area contributed by atoms with E-state index in [0.717, 1.165) is 19.3 Å². The van der Waals surface area contributed by atoms with Crippen LogP contribution in [-0.2, 0) is 13.3 Å². The van der Waals surface area contributed by atoms with Crippen molar-refractivity contribution >= 4 is 8.80 Å². The Morgan fingerprint density at radius 3 is 1.19 bits per heavy atom. The van der Waals surface area contributed by atoms with Crippen molar-refractivity contribution in [1.82, 2.24) is 0 Å². The maximum absolute atomic E-state index is 13.8. The zero-order valence-corrected chi connectivity index (χ0v) is 23.8. The van der Waals surface area contributed by atoms with Gasteiger partial charge in [0, 0.05) is 25.9 Å². The first-order chi connectivity index (χ1) is 15.6. The standard InChI is InChI=1S/C14H31FO3Si.C13H28/c1-5-9-10-11-14(15)12-13-19(16-6-2,17-7-3)18-8-4;1-3-5-7-9-11-13-12-10-8-6-4-2/h14H,5-13H2,1-4H3;3-13H2,1-2H3. The molecule has 0 aliphatic rings. The molecule has 3 nitrogen and oxygen atoms in total. The van der Waals surface area contributed by atoms with Crippen LogP contribution >= 0.6 is 0 Å². The molecule has 1 unspecified atom stereocenters. The predicted octanol–water partition coefficient (Wildman–Crippen LogP) is 9.66. The molecule has 196 valence electrons. The van der Waals surface area contributed by atoms with Crippen LogP contribution in [-0.4, -0.2) is 34.8 Å². The first-order valence-corrected chi connectivity index (χ1v) is 16.0. The van der Waals surface area contributed by atoms with Gasteiger partial charge in [-0.2, -0.15) is 0 Å². The van der Waals surface area contributed by atoms with E-state index < -0.39 is 15.0 Å². The molecule has 0 N–H and O–H groups in total. The van der Waals surface area contributed by atoms with Crippen LogP contribution in [0, 0.1) is 0 Å². The summed E-state index contributed by atoms with van der Waals surface area (Å²) in [6.07, 6.45) is 19.5. The zero-order valence-electron chi connectivity index (χ0n) is 22.8. The fraction of sp³-hybridized carbons (Fsp3) is 1.00. The zero-order chi connectivity index (χ0) is 24.3. The second kappa shape index (κ2) is 27.3. The lowest BCUT2D eigenvalue weighted by molar-refractivity contribution is 0.0685. The highest BCUT2D eigenvalue weighted by molar-refractivity contribution is 6.60. The van der Waals surface area contributed by atoms with Crippen LogP contribution < -0.4 is 0 Å². The van der Waals surface area contributed by atoms with Crippen molar-refractivity contribution in [2.24, 2.45) is 0 Å². The first-order valence-electron chi connectivity index (χ1n) is 14.1. The molecular weight excluding hydrogens is 419 g/mol. The molecule has 0 aromatic rings. The number of unbranched alkanes of at least 4 members (excludes halogenated alkanes) is 12. The van der Waals surface area contributed by atoms with E-state index in [0.29, 0.717) is 38.7 Å². The lowest BCUT2D eigenvalue weighted by Gasteiger charge is -2.28. The molecule has 0 aromatic heterocycles. The van der Waals surface area contributed by atoms with Crippen molar-refractivity contribution in [3.05, 3.63) is 0 Å². The van der Waals surface area contributed by atoms with Gasteiger partial charge in [0.05, 0.1) is 0 Å². The van der Waals surface area contributed by atoms with Crippen molar-refractivity contribution < 1.29 is 17.7 Å². The van der Waals surface area contributed by atoms with Crippen LogP contribution in [0.5, 0.6) is 0 Å². The minimum atomic E-state index is -2.65. The van der Waals surface area contributed by atoms with Gasteiger partial charge in [0.25, 0.3) is 0 Å². The number of halogens is 1. The summed E-state index contributed by atoms with van der Waals surface area (Å²) < 4.78 is 31.0. The monoisotopic (exact) mass is 478 g/mol. The van der Waals surface area contributed by atoms with Gasteiger partial charge in [-0.05, 0) is 33.6 Å². The average molecular weight is 479 g/mol. The number of alkyl halides is 1. The third-order valence-corrected chi connectivity index (χ3v) is 8.77. The van der Waals surface area contributed by atoms with Gasteiger partial charge >= 0.3 is 8.80 Å². The smallest absolute Gasteiger partial charge is 0.374 e. The predicted molar refractivity (Wildman–Crippen MR) is 141 cm³/mol. The van der Waals surface area contributed by atoms with Gasteiger partial charge in [-0.15, -0.1) is 0 Å². The molecular formula is C27H59FO3Si. The van der Waals surface area contributed by atoms with Gasteiger partial charge in [-0.3, -0.25) is 0 Å². The van der Waals surface area contributed by atoms with Crippen molar-refractivity contribution in [2.75, 3.05) is 19.8 Å². The van der Waals surface area contributed by atoms with Gasteiger partial charge in [-0.1, -0.05) is 111 Å². The fourth-order valence-corrected chi connectivity index (χ4v) is 6.50. The third kappa shape index (κ3) is 23.2. The van der Waals surface area contributed by atoms with Crippen LogP contribution in [0.2, 0.25) is 6.04 Å². The summed E-state index contributed by atoms with van der Waals surface area (Å²) in [5.74, 6) is 0. The highest BCUT2D eigenvalue weighted by Gasteiger charge is 2.40. The molecule has 0 aliphatic heterocycles. The van der Waals surface area contributed by atoms with E-state index >= 15 is 0 Å². The third-order valence-electron chi connectivity index (χ3n) is 5.68. The van der Waals surface area contributed by atoms with E-state index in [2.05, 4.69) is 20.8 Å². The Labute approximate surface area is 202 Å².